The molecule has 0 radical (unpaired) electrons. The van der Waals surface area contributed by atoms with Crippen LogP contribution in [0.4, 0.5) is 5.69 Å². The van der Waals surface area contributed by atoms with Crippen molar-refractivity contribution in [1.29, 1.82) is 0 Å². The first kappa shape index (κ1) is 33.9. The van der Waals surface area contributed by atoms with Crippen molar-refractivity contribution in [2.75, 3.05) is 29.8 Å². The van der Waals surface area contributed by atoms with E-state index in [1.54, 1.807) is 36.4 Å². The number of benzene rings is 3. The molecule has 1 fully saturated rings. The first-order valence-corrected chi connectivity index (χ1v) is 18.0. The predicted molar refractivity (Wildman–Crippen MR) is 180 cm³/mol. The van der Waals surface area contributed by atoms with E-state index in [4.69, 9.17) is 32.7 Å². The van der Waals surface area contributed by atoms with Crippen LogP contribution in [-0.2, 0) is 32.6 Å². The van der Waals surface area contributed by atoms with Gasteiger partial charge in [-0.15, -0.1) is 0 Å². The van der Waals surface area contributed by atoms with Crippen molar-refractivity contribution in [3.63, 3.8) is 0 Å². The number of halogens is 2. The van der Waals surface area contributed by atoms with Crippen molar-refractivity contribution >= 4 is 50.7 Å². The fraction of sp³-hybridized carbons (Fsp3) is 0.412. The highest BCUT2D eigenvalue weighted by molar-refractivity contribution is 7.92. The number of hydrogen-bond acceptors (Lipinski definition) is 6. The van der Waals surface area contributed by atoms with E-state index in [0.717, 1.165) is 42.0 Å². The number of sulfonamides is 1. The van der Waals surface area contributed by atoms with Gasteiger partial charge in [0.1, 0.15) is 25.8 Å². The molecule has 3 aromatic rings. The van der Waals surface area contributed by atoms with Gasteiger partial charge < -0.3 is 19.7 Å². The Morgan fingerprint density at radius 1 is 0.891 bits per heavy atom. The van der Waals surface area contributed by atoms with Gasteiger partial charge in [0.2, 0.25) is 21.8 Å². The Morgan fingerprint density at radius 2 is 1.61 bits per heavy atom. The Kier molecular flexibility index (Phi) is 11.4. The van der Waals surface area contributed by atoms with Gasteiger partial charge >= 0.3 is 0 Å². The molecule has 2 amide bonds. The van der Waals surface area contributed by atoms with Gasteiger partial charge in [-0.3, -0.25) is 13.9 Å². The minimum Gasteiger partial charge on any atom is -0.486 e. The molecule has 1 aliphatic carbocycles. The van der Waals surface area contributed by atoms with Crippen molar-refractivity contribution < 1.29 is 27.5 Å². The molecular formula is C34H39Cl2N3O6S. The molecule has 0 spiro atoms. The summed E-state index contributed by atoms with van der Waals surface area (Å²) in [4.78, 5) is 30.1. The van der Waals surface area contributed by atoms with E-state index in [-0.39, 0.29) is 36.4 Å². The van der Waals surface area contributed by atoms with Gasteiger partial charge in [-0.2, -0.15) is 0 Å². The maximum atomic E-state index is 14.5. The van der Waals surface area contributed by atoms with E-state index in [2.05, 4.69) is 5.32 Å². The largest absolute Gasteiger partial charge is 0.486 e. The van der Waals surface area contributed by atoms with E-state index in [1.165, 1.54) is 11.8 Å². The second-order valence-corrected chi connectivity index (χ2v) is 14.6. The molecule has 0 aromatic heterocycles. The highest BCUT2D eigenvalue weighted by Gasteiger charge is 2.35. The zero-order valence-electron chi connectivity index (χ0n) is 25.8. The first-order chi connectivity index (χ1) is 22.1. The summed E-state index contributed by atoms with van der Waals surface area (Å²) in [5, 5.41) is 3.87. The van der Waals surface area contributed by atoms with Crippen LogP contribution >= 0.6 is 23.2 Å². The molecule has 0 unspecified atom stereocenters. The fourth-order valence-electron chi connectivity index (χ4n) is 5.84. The first-order valence-electron chi connectivity index (χ1n) is 15.6. The average molecular weight is 689 g/mol. The summed E-state index contributed by atoms with van der Waals surface area (Å²) in [5.41, 5.74) is 1.78. The number of anilines is 1. The van der Waals surface area contributed by atoms with Crippen LogP contribution in [0.5, 0.6) is 11.5 Å². The van der Waals surface area contributed by atoms with E-state index in [1.807, 2.05) is 30.3 Å². The Morgan fingerprint density at radius 3 is 2.30 bits per heavy atom. The SMILES string of the molecule is CCS(=O)(=O)N(CC(=O)N(Cc1ccc(Cl)c(Cl)c1)[C@@H](Cc1ccccc1)C(=O)NC1CCCCC1)c1ccc2c(c1)OCCO2. The topological polar surface area (TPSA) is 105 Å². The number of amides is 2. The Bertz CT molecular complexity index is 1630. The molecule has 3 aromatic carbocycles. The molecular weight excluding hydrogens is 649 g/mol. The highest BCUT2D eigenvalue weighted by atomic mass is 35.5. The van der Waals surface area contributed by atoms with Crippen LogP contribution in [0, 0.1) is 0 Å². The maximum absolute atomic E-state index is 14.5. The lowest BCUT2D eigenvalue weighted by molar-refractivity contribution is -0.140. The minimum absolute atomic E-state index is 0.00641. The maximum Gasteiger partial charge on any atom is 0.244 e. The third-order valence-electron chi connectivity index (χ3n) is 8.35. The van der Waals surface area contributed by atoms with E-state index < -0.39 is 28.5 Å². The summed E-state index contributed by atoms with van der Waals surface area (Å²) in [5.74, 6) is -0.171. The van der Waals surface area contributed by atoms with Gasteiger partial charge in [0.15, 0.2) is 11.5 Å². The predicted octanol–water partition coefficient (Wildman–Crippen LogP) is 6.01. The van der Waals surface area contributed by atoms with Gasteiger partial charge in [0, 0.05) is 25.1 Å². The summed E-state index contributed by atoms with van der Waals surface area (Å²) >= 11 is 12.5. The zero-order valence-corrected chi connectivity index (χ0v) is 28.1. The molecule has 1 N–H and O–H groups in total. The van der Waals surface area contributed by atoms with E-state index in [0.29, 0.717) is 40.3 Å². The van der Waals surface area contributed by atoms with Crippen molar-refractivity contribution in [2.24, 2.45) is 0 Å². The van der Waals surface area contributed by atoms with E-state index >= 15 is 0 Å². The van der Waals surface area contributed by atoms with Gasteiger partial charge in [-0.25, -0.2) is 8.42 Å². The molecule has 5 rings (SSSR count). The fourth-order valence-corrected chi connectivity index (χ4v) is 7.21. The molecule has 12 heteroatoms. The summed E-state index contributed by atoms with van der Waals surface area (Å²) in [6, 6.07) is 18.4. The third-order valence-corrected chi connectivity index (χ3v) is 10.8. The number of nitrogens with one attached hydrogen (secondary N) is 1. The lowest BCUT2D eigenvalue weighted by atomic mass is 9.94. The molecule has 1 atom stereocenters. The molecule has 1 saturated carbocycles. The number of fused-ring (bicyclic) bond motifs is 1. The van der Waals surface area contributed by atoms with Gasteiger partial charge in [0.05, 0.1) is 21.5 Å². The number of rotatable bonds is 12. The second kappa shape index (κ2) is 15.4. The second-order valence-electron chi connectivity index (χ2n) is 11.6. The normalized spacial score (nSPS) is 15.5. The van der Waals surface area contributed by atoms with Gasteiger partial charge in [-0.1, -0.05) is 78.9 Å². The van der Waals surface area contributed by atoms with Crippen molar-refractivity contribution in [3.8, 4) is 11.5 Å². The van der Waals surface area contributed by atoms with Crippen LogP contribution in [0.2, 0.25) is 10.0 Å². The monoisotopic (exact) mass is 687 g/mol. The quantitative estimate of drug-likeness (QED) is 0.250. The van der Waals surface area contributed by atoms with Crippen molar-refractivity contribution in [3.05, 3.63) is 87.9 Å². The van der Waals surface area contributed by atoms with Crippen LogP contribution in [0.3, 0.4) is 0 Å². The van der Waals surface area contributed by atoms with Crippen molar-refractivity contribution in [2.45, 2.75) is 64.1 Å². The summed E-state index contributed by atoms with van der Waals surface area (Å²) < 4.78 is 39.4. The Balaban J connectivity index is 1.53. The molecule has 1 aliphatic heterocycles. The summed E-state index contributed by atoms with van der Waals surface area (Å²) in [7, 11) is -3.93. The van der Waals surface area contributed by atoms with Crippen LogP contribution in [0.25, 0.3) is 0 Å². The smallest absolute Gasteiger partial charge is 0.244 e. The lowest BCUT2D eigenvalue weighted by Gasteiger charge is -2.35. The number of ether oxygens (including phenoxy) is 2. The van der Waals surface area contributed by atoms with Crippen LogP contribution in [0.1, 0.15) is 50.2 Å². The molecule has 9 nitrogen and oxygen atoms in total. The summed E-state index contributed by atoms with van der Waals surface area (Å²) in [6.07, 6.45) is 5.16. The van der Waals surface area contributed by atoms with E-state index in [9.17, 15) is 18.0 Å². The number of nitrogens with zero attached hydrogens (tertiary/aromatic N) is 2. The molecule has 46 heavy (non-hydrogen) atoms. The molecule has 2 aliphatic rings. The summed E-state index contributed by atoms with van der Waals surface area (Å²) in [6.45, 7) is 1.71. The lowest BCUT2D eigenvalue weighted by Crippen LogP contribution is -2.55. The van der Waals surface area contributed by atoms with Gasteiger partial charge in [0.25, 0.3) is 0 Å². The molecule has 1 heterocycles. The third kappa shape index (κ3) is 8.46. The standard InChI is InChI=1S/C34H39Cl2N3O6S/c1-2-46(42,43)39(27-14-16-31-32(21-27)45-18-17-44-31)23-33(40)38(22-25-13-15-28(35)29(36)19-25)30(20-24-9-5-3-6-10-24)34(41)37-26-11-7-4-8-12-26/h3,5-6,9-10,13-16,19,21,26,30H,2,4,7-8,11-12,17-18,20,22-23H2,1H3,(H,37,41)/t30-/m0/s1. The van der Waals surface area contributed by atoms with Crippen LogP contribution in [-0.4, -0.2) is 62.7 Å². The molecule has 0 saturated heterocycles. The zero-order chi connectivity index (χ0) is 32.7. The molecule has 0 bridgehead atoms. The van der Waals surface area contributed by atoms with Crippen LogP contribution in [0.15, 0.2) is 66.7 Å². The molecule has 246 valence electrons. The Labute approximate surface area is 280 Å². The number of hydrogen-bond donors (Lipinski definition) is 1. The highest BCUT2D eigenvalue weighted by Crippen LogP contribution is 2.35. The average Bonchev–Trinajstić information content (AvgIpc) is 3.07. The van der Waals surface area contributed by atoms with Crippen LogP contribution < -0.4 is 19.1 Å². The minimum atomic E-state index is -3.93. The van der Waals surface area contributed by atoms with Gasteiger partial charge in [-0.05, 0) is 55.2 Å². The number of carbonyl (C=O) groups excluding carboxylic acids is 2. The van der Waals surface area contributed by atoms with Crippen molar-refractivity contribution in [1.82, 2.24) is 10.2 Å². The Hall–Kier alpha value is -3.47. The number of carbonyl (C=O) groups is 2.